The number of halogens is 3. The molecule has 1 fully saturated rings. The summed E-state index contributed by atoms with van der Waals surface area (Å²) in [5.74, 6) is -2.02. The van der Waals surface area contributed by atoms with E-state index in [1.165, 1.54) is 5.56 Å². The molecule has 1 amide bonds. The number of rotatable bonds is 5. The lowest BCUT2D eigenvalue weighted by atomic mass is 9.94. The maximum Gasteiger partial charge on any atom is 0.471 e. The van der Waals surface area contributed by atoms with Gasteiger partial charge in [-0.3, -0.25) is 4.79 Å². The number of nitrogens with one attached hydrogen (secondary N) is 1. The Morgan fingerprint density at radius 2 is 1.62 bits per heavy atom. The van der Waals surface area contributed by atoms with Gasteiger partial charge in [0.05, 0.1) is 0 Å². The molecule has 26 heavy (non-hydrogen) atoms. The van der Waals surface area contributed by atoms with Gasteiger partial charge in [0.2, 0.25) is 0 Å². The summed E-state index contributed by atoms with van der Waals surface area (Å²) in [6.45, 7) is 1.78. The van der Waals surface area contributed by atoms with Gasteiger partial charge in [-0.05, 0) is 17.5 Å². The van der Waals surface area contributed by atoms with E-state index in [9.17, 15) is 18.0 Å². The molecule has 1 N–H and O–H groups in total. The summed E-state index contributed by atoms with van der Waals surface area (Å²) < 4.78 is 38.0. The lowest BCUT2D eigenvalue weighted by molar-refractivity contribution is -0.174. The quantitative estimate of drug-likeness (QED) is 0.885. The second-order valence-corrected chi connectivity index (χ2v) is 6.59. The predicted molar refractivity (Wildman–Crippen MR) is 93.8 cm³/mol. The number of amides is 1. The molecular weight excluding hydrogens is 341 g/mol. The summed E-state index contributed by atoms with van der Waals surface area (Å²) in [6.07, 6.45) is -4.04. The normalized spacial score (nSPS) is 20.9. The highest BCUT2D eigenvalue weighted by molar-refractivity contribution is 5.82. The van der Waals surface area contributed by atoms with E-state index in [4.69, 9.17) is 0 Å². The summed E-state index contributed by atoms with van der Waals surface area (Å²) in [4.78, 5) is 13.5. The van der Waals surface area contributed by atoms with Gasteiger partial charge in [-0.1, -0.05) is 60.7 Å². The Morgan fingerprint density at radius 3 is 2.23 bits per heavy atom. The lowest BCUT2D eigenvalue weighted by Gasteiger charge is -2.21. The van der Waals surface area contributed by atoms with E-state index in [-0.39, 0.29) is 5.92 Å². The smallest absolute Gasteiger partial charge is 0.344 e. The molecule has 0 unspecified atom stereocenters. The van der Waals surface area contributed by atoms with Crippen molar-refractivity contribution < 1.29 is 18.0 Å². The number of nitrogens with zero attached hydrogens (tertiary/aromatic N) is 1. The molecule has 1 heterocycles. The first-order valence-electron chi connectivity index (χ1n) is 8.62. The number of benzene rings is 2. The van der Waals surface area contributed by atoms with Gasteiger partial charge in [0.25, 0.3) is 0 Å². The number of likely N-dealkylation sites (tertiary alicyclic amines) is 1. The van der Waals surface area contributed by atoms with E-state index in [1.807, 2.05) is 60.7 Å². The predicted octanol–water partition coefficient (Wildman–Crippen LogP) is 3.38. The maximum absolute atomic E-state index is 12.7. The van der Waals surface area contributed by atoms with Crippen LogP contribution >= 0.6 is 0 Å². The van der Waals surface area contributed by atoms with Crippen LogP contribution in [0.25, 0.3) is 0 Å². The van der Waals surface area contributed by atoms with Crippen LogP contribution in [0.5, 0.6) is 0 Å². The van der Waals surface area contributed by atoms with E-state index in [2.05, 4.69) is 10.2 Å². The molecule has 0 aromatic heterocycles. The molecule has 3 nitrogen and oxygen atoms in total. The number of carbonyl (C=O) groups excluding carboxylic acids is 1. The van der Waals surface area contributed by atoms with Gasteiger partial charge in [-0.25, -0.2) is 0 Å². The highest BCUT2D eigenvalue weighted by Gasteiger charge is 2.43. The van der Waals surface area contributed by atoms with Crippen LogP contribution in [-0.4, -0.2) is 42.7 Å². The van der Waals surface area contributed by atoms with Crippen molar-refractivity contribution in [3.05, 3.63) is 71.8 Å². The molecule has 0 bridgehead atoms. The zero-order chi connectivity index (χ0) is 18.6. The van der Waals surface area contributed by atoms with Crippen molar-refractivity contribution in [2.45, 2.75) is 24.6 Å². The van der Waals surface area contributed by atoms with Crippen LogP contribution in [0.1, 0.15) is 17.0 Å². The average Bonchev–Trinajstić information content (AvgIpc) is 3.03. The number of alkyl halides is 3. The fourth-order valence-electron chi connectivity index (χ4n) is 3.43. The van der Waals surface area contributed by atoms with Crippen molar-refractivity contribution in [1.29, 1.82) is 0 Å². The molecule has 0 radical (unpaired) electrons. The minimum absolute atomic E-state index is 0.154. The fraction of sp³-hybridized carbons (Fsp3) is 0.350. The Labute approximate surface area is 150 Å². The molecule has 1 aliphatic rings. The van der Waals surface area contributed by atoms with Crippen LogP contribution in [-0.2, 0) is 11.2 Å². The van der Waals surface area contributed by atoms with Crippen molar-refractivity contribution in [2.75, 3.05) is 19.6 Å². The van der Waals surface area contributed by atoms with Gasteiger partial charge in [0, 0.05) is 31.6 Å². The number of hydrogen-bond donors (Lipinski definition) is 1. The minimum Gasteiger partial charge on any atom is -0.344 e. The lowest BCUT2D eigenvalue weighted by Crippen LogP contribution is -2.46. The number of hydrogen-bond acceptors (Lipinski definition) is 2. The van der Waals surface area contributed by atoms with Crippen molar-refractivity contribution in [2.24, 2.45) is 0 Å². The van der Waals surface area contributed by atoms with Crippen molar-refractivity contribution in [3.63, 3.8) is 0 Å². The van der Waals surface area contributed by atoms with Gasteiger partial charge in [0.1, 0.15) is 0 Å². The summed E-state index contributed by atoms with van der Waals surface area (Å²) in [5.41, 5.74) is 2.13. The highest BCUT2D eigenvalue weighted by atomic mass is 19.4. The second-order valence-electron chi connectivity index (χ2n) is 6.59. The molecule has 3 rings (SSSR count). The van der Waals surface area contributed by atoms with E-state index >= 15 is 0 Å². The zero-order valence-corrected chi connectivity index (χ0v) is 14.2. The summed E-state index contributed by atoms with van der Waals surface area (Å²) in [6, 6.07) is 18.8. The molecule has 0 saturated carbocycles. The molecule has 2 aromatic carbocycles. The Balaban J connectivity index is 1.69. The van der Waals surface area contributed by atoms with Crippen molar-refractivity contribution in [1.82, 2.24) is 10.2 Å². The Morgan fingerprint density at radius 1 is 1.00 bits per heavy atom. The highest BCUT2D eigenvalue weighted by Crippen LogP contribution is 2.29. The second kappa shape index (κ2) is 7.91. The van der Waals surface area contributed by atoms with Crippen LogP contribution in [0.2, 0.25) is 0 Å². The largest absolute Gasteiger partial charge is 0.471 e. The van der Waals surface area contributed by atoms with Gasteiger partial charge in [0.15, 0.2) is 0 Å². The standard InChI is InChI=1S/C20H21F3N2O/c21-20(22,23)19(26)24-18-14-25(12-11-15-7-3-1-4-8-15)13-17(18)16-9-5-2-6-10-16/h1-10,17-18H,11-14H2,(H,24,26)/t17-,18+/m0/s1. The molecule has 2 atom stereocenters. The van der Waals surface area contributed by atoms with Crippen LogP contribution in [0.4, 0.5) is 13.2 Å². The van der Waals surface area contributed by atoms with E-state index in [0.29, 0.717) is 13.1 Å². The van der Waals surface area contributed by atoms with Crippen LogP contribution < -0.4 is 5.32 Å². The summed E-state index contributed by atoms with van der Waals surface area (Å²) in [5, 5.41) is 2.19. The third-order valence-electron chi connectivity index (χ3n) is 4.76. The van der Waals surface area contributed by atoms with Gasteiger partial charge in [-0.15, -0.1) is 0 Å². The van der Waals surface area contributed by atoms with E-state index < -0.39 is 18.1 Å². The van der Waals surface area contributed by atoms with Gasteiger partial charge in [-0.2, -0.15) is 13.2 Å². The molecule has 2 aromatic rings. The molecule has 1 saturated heterocycles. The monoisotopic (exact) mass is 362 g/mol. The Bertz CT molecular complexity index is 719. The van der Waals surface area contributed by atoms with Crippen LogP contribution in [0.3, 0.4) is 0 Å². The van der Waals surface area contributed by atoms with Gasteiger partial charge < -0.3 is 10.2 Å². The summed E-state index contributed by atoms with van der Waals surface area (Å²) >= 11 is 0. The maximum atomic E-state index is 12.7. The first-order chi connectivity index (χ1) is 12.4. The first-order valence-corrected chi connectivity index (χ1v) is 8.62. The SMILES string of the molecule is O=C(N[C@@H]1CN(CCc2ccccc2)C[C@H]1c1ccccc1)C(F)(F)F. The average molecular weight is 362 g/mol. The van der Waals surface area contributed by atoms with Crippen LogP contribution in [0, 0.1) is 0 Å². The van der Waals surface area contributed by atoms with Crippen molar-refractivity contribution >= 4 is 5.91 Å². The minimum atomic E-state index is -4.86. The fourth-order valence-corrected chi connectivity index (χ4v) is 3.43. The van der Waals surface area contributed by atoms with Gasteiger partial charge >= 0.3 is 12.1 Å². The topological polar surface area (TPSA) is 32.3 Å². The third-order valence-corrected chi connectivity index (χ3v) is 4.76. The Hall–Kier alpha value is -2.34. The number of carbonyl (C=O) groups is 1. The first kappa shape index (κ1) is 18.5. The molecule has 6 heteroatoms. The van der Waals surface area contributed by atoms with Crippen LogP contribution in [0.15, 0.2) is 60.7 Å². The molecule has 0 spiro atoms. The molecule has 1 aliphatic heterocycles. The molecule has 0 aliphatic carbocycles. The van der Waals surface area contributed by atoms with E-state index in [1.54, 1.807) is 0 Å². The summed E-state index contributed by atoms with van der Waals surface area (Å²) in [7, 11) is 0. The third kappa shape index (κ3) is 4.64. The molecule has 138 valence electrons. The zero-order valence-electron chi connectivity index (χ0n) is 14.2. The molecular formula is C20H21F3N2O. The van der Waals surface area contributed by atoms with E-state index in [0.717, 1.165) is 18.5 Å². The Kier molecular flexibility index (Phi) is 5.61. The van der Waals surface area contributed by atoms with Crippen molar-refractivity contribution in [3.8, 4) is 0 Å².